The van der Waals surface area contributed by atoms with E-state index in [2.05, 4.69) is 10.4 Å². The standard InChI is InChI=1S/C22H24ClN3O3/c1-14-19(15(2)26(25-14)17-6-5-7-18(13-17)28-3)9-11-22(27)24-16-8-10-21(29-4)20(23)12-16/h5-8,10,12-13H,9,11H2,1-4H3,(H,24,27). The lowest BCUT2D eigenvalue weighted by Crippen LogP contribution is -2.12. The lowest BCUT2D eigenvalue weighted by molar-refractivity contribution is -0.116. The van der Waals surface area contributed by atoms with Crippen LogP contribution >= 0.6 is 11.6 Å². The van der Waals surface area contributed by atoms with Crippen molar-refractivity contribution in [1.82, 2.24) is 9.78 Å². The molecule has 0 aliphatic carbocycles. The Kier molecular flexibility index (Phi) is 6.44. The summed E-state index contributed by atoms with van der Waals surface area (Å²) in [6, 6.07) is 12.9. The molecule has 0 atom stereocenters. The van der Waals surface area contributed by atoms with Gasteiger partial charge in [0, 0.05) is 23.9 Å². The molecule has 1 heterocycles. The average Bonchev–Trinajstić information content (AvgIpc) is 3.00. The van der Waals surface area contributed by atoms with Crippen LogP contribution in [-0.2, 0) is 11.2 Å². The molecule has 0 saturated heterocycles. The highest BCUT2D eigenvalue weighted by atomic mass is 35.5. The molecular formula is C22H24ClN3O3. The highest BCUT2D eigenvalue weighted by Crippen LogP contribution is 2.27. The first-order chi connectivity index (χ1) is 13.9. The first kappa shape index (κ1) is 20.7. The summed E-state index contributed by atoms with van der Waals surface area (Å²) in [6.07, 6.45) is 0.937. The molecule has 7 heteroatoms. The normalized spacial score (nSPS) is 10.7. The molecule has 29 heavy (non-hydrogen) atoms. The van der Waals surface area contributed by atoms with Gasteiger partial charge in [-0.1, -0.05) is 17.7 Å². The van der Waals surface area contributed by atoms with Gasteiger partial charge in [0.1, 0.15) is 11.5 Å². The van der Waals surface area contributed by atoms with Gasteiger partial charge in [-0.3, -0.25) is 4.79 Å². The van der Waals surface area contributed by atoms with Crippen molar-refractivity contribution < 1.29 is 14.3 Å². The van der Waals surface area contributed by atoms with Crippen LogP contribution in [0.5, 0.6) is 11.5 Å². The van der Waals surface area contributed by atoms with E-state index < -0.39 is 0 Å². The minimum absolute atomic E-state index is 0.0841. The molecule has 0 saturated carbocycles. The van der Waals surface area contributed by atoms with E-state index in [4.69, 9.17) is 21.1 Å². The Morgan fingerprint density at radius 3 is 2.62 bits per heavy atom. The second-order valence-electron chi connectivity index (χ2n) is 6.66. The first-order valence-electron chi connectivity index (χ1n) is 9.26. The van der Waals surface area contributed by atoms with Crippen LogP contribution in [0.4, 0.5) is 5.69 Å². The Balaban J connectivity index is 1.70. The number of aryl methyl sites for hydroxylation is 1. The molecule has 2 aromatic carbocycles. The number of hydrogen-bond donors (Lipinski definition) is 1. The maximum Gasteiger partial charge on any atom is 0.224 e. The number of carbonyl (C=O) groups excluding carboxylic acids is 1. The van der Waals surface area contributed by atoms with Crippen LogP contribution in [0.3, 0.4) is 0 Å². The van der Waals surface area contributed by atoms with Gasteiger partial charge in [0.15, 0.2) is 0 Å². The van der Waals surface area contributed by atoms with Gasteiger partial charge in [-0.05, 0) is 56.2 Å². The minimum atomic E-state index is -0.0841. The maximum absolute atomic E-state index is 12.4. The number of methoxy groups -OCH3 is 2. The van der Waals surface area contributed by atoms with E-state index in [9.17, 15) is 4.79 Å². The van der Waals surface area contributed by atoms with Crippen LogP contribution in [0.2, 0.25) is 5.02 Å². The van der Waals surface area contributed by atoms with E-state index in [1.807, 2.05) is 42.8 Å². The predicted molar refractivity (Wildman–Crippen MR) is 115 cm³/mol. The van der Waals surface area contributed by atoms with E-state index >= 15 is 0 Å². The average molecular weight is 414 g/mol. The zero-order valence-corrected chi connectivity index (χ0v) is 17.7. The lowest BCUT2D eigenvalue weighted by Gasteiger charge is -2.09. The number of rotatable bonds is 7. The van der Waals surface area contributed by atoms with Crippen LogP contribution in [0.15, 0.2) is 42.5 Å². The van der Waals surface area contributed by atoms with Gasteiger partial charge in [-0.2, -0.15) is 5.10 Å². The Morgan fingerprint density at radius 1 is 1.14 bits per heavy atom. The topological polar surface area (TPSA) is 65.4 Å². The summed E-state index contributed by atoms with van der Waals surface area (Å²) in [5, 5.41) is 7.98. The van der Waals surface area contributed by atoms with E-state index in [1.165, 1.54) is 0 Å². The highest BCUT2D eigenvalue weighted by molar-refractivity contribution is 6.32. The summed E-state index contributed by atoms with van der Waals surface area (Å²) < 4.78 is 12.3. The van der Waals surface area contributed by atoms with Gasteiger partial charge >= 0.3 is 0 Å². The Labute approximate surface area is 175 Å². The van der Waals surface area contributed by atoms with E-state index in [0.29, 0.717) is 29.3 Å². The van der Waals surface area contributed by atoms with Crippen LogP contribution in [0, 0.1) is 13.8 Å². The minimum Gasteiger partial charge on any atom is -0.497 e. The smallest absolute Gasteiger partial charge is 0.224 e. The number of nitrogens with zero attached hydrogens (tertiary/aromatic N) is 2. The SMILES string of the molecule is COc1cccc(-n2nc(C)c(CCC(=O)Nc3ccc(OC)c(Cl)c3)c2C)c1. The molecule has 0 aliphatic rings. The largest absolute Gasteiger partial charge is 0.497 e. The molecule has 6 nitrogen and oxygen atoms in total. The summed E-state index contributed by atoms with van der Waals surface area (Å²) in [5.74, 6) is 1.26. The fraction of sp³-hybridized carbons (Fsp3) is 0.273. The highest BCUT2D eigenvalue weighted by Gasteiger charge is 2.15. The number of aromatic nitrogens is 2. The first-order valence-corrected chi connectivity index (χ1v) is 9.63. The fourth-order valence-electron chi connectivity index (χ4n) is 3.24. The van der Waals surface area contributed by atoms with Crippen molar-refractivity contribution in [3.8, 4) is 17.2 Å². The Hall–Kier alpha value is -2.99. The molecule has 1 amide bonds. The van der Waals surface area contributed by atoms with Gasteiger partial charge in [0.25, 0.3) is 0 Å². The second kappa shape index (κ2) is 9.01. The van der Waals surface area contributed by atoms with Crippen molar-refractivity contribution in [2.45, 2.75) is 26.7 Å². The van der Waals surface area contributed by atoms with Crippen molar-refractivity contribution in [3.63, 3.8) is 0 Å². The number of nitrogens with one attached hydrogen (secondary N) is 1. The molecule has 3 aromatic rings. The van der Waals surface area contributed by atoms with E-state index in [-0.39, 0.29) is 5.91 Å². The van der Waals surface area contributed by atoms with Crippen LogP contribution < -0.4 is 14.8 Å². The second-order valence-corrected chi connectivity index (χ2v) is 7.07. The van der Waals surface area contributed by atoms with Crippen LogP contribution in [0.25, 0.3) is 5.69 Å². The summed E-state index contributed by atoms with van der Waals surface area (Å²) >= 11 is 6.11. The monoisotopic (exact) mass is 413 g/mol. The molecular weight excluding hydrogens is 390 g/mol. The Morgan fingerprint density at radius 2 is 1.93 bits per heavy atom. The number of anilines is 1. The summed E-state index contributed by atoms with van der Waals surface area (Å²) in [6.45, 7) is 3.97. The quantitative estimate of drug-likeness (QED) is 0.608. The number of hydrogen-bond acceptors (Lipinski definition) is 4. The molecule has 0 bridgehead atoms. The van der Waals surface area contributed by atoms with Gasteiger partial charge in [-0.15, -0.1) is 0 Å². The van der Waals surface area contributed by atoms with E-state index in [1.54, 1.807) is 32.4 Å². The number of halogens is 1. The summed E-state index contributed by atoms with van der Waals surface area (Å²) in [5.41, 5.74) is 4.55. The Bertz CT molecular complexity index is 1030. The number of carbonyl (C=O) groups is 1. The molecule has 0 aliphatic heterocycles. The summed E-state index contributed by atoms with van der Waals surface area (Å²) in [7, 11) is 3.19. The molecule has 1 N–H and O–H groups in total. The van der Waals surface area contributed by atoms with E-state index in [0.717, 1.165) is 28.4 Å². The van der Waals surface area contributed by atoms with Crippen molar-refractivity contribution in [3.05, 3.63) is 64.4 Å². The third kappa shape index (κ3) is 4.71. The third-order valence-electron chi connectivity index (χ3n) is 4.78. The summed E-state index contributed by atoms with van der Waals surface area (Å²) in [4.78, 5) is 12.4. The van der Waals surface area contributed by atoms with Gasteiger partial charge in [0.2, 0.25) is 5.91 Å². The van der Waals surface area contributed by atoms with Crippen LogP contribution in [-0.4, -0.2) is 29.9 Å². The third-order valence-corrected chi connectivity index (χ3v) is 5.07. The van der Waals surface area contributed by atoms with Crippen molar-refractivity contribution >= 4 is 23.2 Å². The molecule has 0 fully saturated rings. The molecule has 0 unspecified atom stereocenters. The molecule has 3 rings (SSSR count). The molecule has 152 valence electrons. The predicted octanol–water partition coefficient (Wildman–Crippen LogP) is 4.73. The number of amides is 1. The van der Waals surface area contributed by atoms with Crippen molar-refractivity contribution in [2.75, 3.05) is 19.5 Å². The molecule has 0 spiro atoms. The van der Waals surface area contributed by atoms with Gasteiger partial charge < -0.3 is 14.8 Å². The van der Waals surface area contributed by atoms with Gasteiger partial charge in [0.05, 0.1) is 30.6 Å². The molecule has 0 radical (unpaired) electrons. The van der Waals surface area contributed by atoms with Crippen molar-refractivity contribution in [2.24, 2.45) is 0 Å². The van der Waals surface area contributed by atoms with Gasteiger partial charge in [-0.25, -0.2) is 4.68 Å². The molecule has 1 aromatic heterocycles. The number of benzene rings is 2. The van der Waals surface area contributed by atoms with Crippen LogP contribution in [0.1, 0.15) is 23.4 Å². The number of ether oxygens (including phenoxy) is 2. The fourth-order valence-corrected chi connectivity index (χ4v) is 3.49. The maximum atomic E-state index is 12.4. The zero-order chi connectivity index (χ0) is 21.0. The van der Waals surface area contributed by atoms with Crippen molar-refractivity contribution in [1.29, 1.82) is 0 Å². The zero-order valence-electron chi connectivity index (χ0n) is 17.0. The lowest BCUT2D eigenvalue weighted by atomic mass is 10.1.